The molecular formula is C54H49N5O2. The molecule has 61 heavy (non-hydrogen) atoms. The van der Waals surface area contributed by atoms with E-state index in [9.17, 15) is 0 Å². The van der Waals surface area contributed by atoms with E-state index in [1.807, 2.05) is 12.1 Å². The molecule has 5 heterocycles. The third-order valence-corrected chi connectivity index (χ3v) is 14.0. The van der Waals surface area contributed by atoms with Gasteiger partial charge in [0.25, 0.3) is 0 Å². The number of fused-ring (bicyclic) bond motifs is 11. The molecule has 0 aliphatic heterocycles. The van der Waals surface area contributed by atoms with E-state index in [1.54, 1.807) is 0 Å². The molecule has 0 bridgehead atoms. The summed E-state index contributed by atoms with van der Waals surface area (Å²) in [5.74, 6) is 3.34. The molecule has 12 rings (SSSR count). The Morgan fingerprint density at radius 2 is 1.51 bits per heavy atom. The van der Waals surface area contributed by atoms with Crippen LogP contribution in [0.1, 0.15) is 69.2 Å². The van der Waals surface area contributed by atoms with Crippen molar-refractivity contribution >= 4 is 60.7 Å². The number of aryl methyl sites for hydroxylation is 2. The number of pyridine rings is 2. The molecule has 5 aromatic heterocycles. The lowest BCUT2D eigenvalue weighted by atomic mass is 9.59. The van der Waals surface area contributed by atoms with Crippen molar-refractivity contribution in [1.29, 1.82) is 0 Å². The number of ether oxygens (including phenoxy) is 1. The fourth-order valence-electron chi connectivity index (χ4n) is 11.7. The highest BCUT2D eigenvalue weighted by molar-refractivity contribution is 6.21. The van der Waals surface area contributed by atoms with Crippen molar-refractivity contribution in [2.75, 3.05) is 0 Å². The summed E-state index contributed by atoms with van der Waals surface area (Å²) in [6, 6.07) is 38.1. The van der Waals surface area contributed by atoms with Crippen LogP contribution in [-0.2, 0) is 12.8 Å². The summed E-state index contributed by atoms with van der Waals surface area (Å²) in [6.07, 6.45) is 8.21. The van der Waals surface area contributed by atoms with Gasteiger partial charge in [0, 0.05) is 28.6 Å². The quantitative estimate of drug-likeness (QED) is 0.173. The maximum atomic E-state index is 6.89. The number of rotatable bonds is 5. The van der Waals surface area contributed by atoms with Gasteiger partial charge >= 0.3 is 0 Å². The van der Waals surface area contributed by atoms with Crippen molar-refractivity contribution in [2.45, 2.75) is 73.6 Å². The van der Waals surface area contributed by atoms with Gasteiger partial charge in [-0.15, -0.1) is 0 Å². The summed E-state index contributed by atoms with van der Waals surface area (Å²) in [5.41, 5.74) is 14.2. The summed E-state index contributed by atoms with van der Waals surface area (Å²) in [6.45, 7) is 14.2. The van der Waals surface area contributed by atoms with E-state index in [-0.39, 0.29) is 0 Å². The molecule has 0 N–H and O–H groups in total. The van der Waals surface area contributed by atoms with Gasteiger partial charge < -0.3 is 9.15 Å². The molecule has 7 heteroatoms. The molecule has 1 saturated carbocycles. The first-order chi connectivity index (χ1) is 29.4. The van der Waals surface area contributed by atoms with Crippen molar-refractivity contribution in [3.05, 3.63) is 138 Å². The van der Waals surface area contributed by atoms with Gasteiger partial charge in [-0.2, -0.15) is 4.98 Å². The third kappa shape index (κ3) is 5.88. The molecule has 5 aromatic carbocycles. The molecule has 10 aromatic rings. The Balaban J connectivity index is 0.999. The second kappa shape index (κ2) is 13.0. The number of imidazole rings is 2. The molecule has 2 aliphatic rings. The SMILES string of the molecule is Cc1ccc(-n2c3nc(Oc4cc(-c5cc6c(cn5)CC(C5CC(C)(C)CC(C)(C)C5)C6)c5oc6ccc7ccccc7c6c5c4)ccc3n3c4ccccc4nc23)cc1C. The Morgan fingerprint density at radius 3 is 2.36 bits per heavy atom. The highest BCUT2D eigenvalue weighted by atomic mass is 16.5. The van der Waals surface area contributed by atoms with Gasteiger partial charge in [0.1, 0.15) is 16.9 Å². The molecule has 0 spiro atoms. The van der Waals surface area contributed by atoms with Crippen LogP contribution in [0.5, 0.6) is 11.6 Å². The Labute approximate surface area is 355 Å². The molecule has 0 radical (unpaired) electrons. The number of para-hydroxylation sites is 2. The summed E-state index contributed by atoms with van der Waals surface area (Å²) in [7, 11) is 0. The average molecular weight is 800 g/mol. The fraction of sp³-hybridized carbons (Fsp3) is 0.278. The monoisotopic (exact) mass is 799 g/mol. The molecule has 7 nitrogen and oxygen atoms in total. The third-order valence-electron chi connectivity index (χ3n) is 14.0. The van der Waals surface area contributed by atoms with Gasteiger partial charge in [-0.1, -0.05) is 76.2 Å². The van der Waals surface area contributed by atoms with Crippen LogP contribution in [0.4, 0.5) is 0 Å². The van der Waals surface area contributed by atoms with Crippen LogP contribution in [-0.4, -0.2) is 23.9 Å². The fourth-order valence-corrected chi connectivity index (χ4v) is 11.7. The van der Waals surface area contributed by atoms with Crippen LogP contribution >= 0.6 is 0 Å². The van der Waals surface area contributed by atoms with Gasteiger partial charge in [-0.25, -0.2) is 4.98 Å². The molecule has 0 amide bonds. The first kappa shape index (κ1) is 36.4. The maximum absolute atomic E-state index is 6.89. The zero-order valence-electron chi connectivity index (χ0n) is 35.7. The van der Waals surface area contributed by atoms with E-state index in [0.29, 0.717) is 34.3 Å². The number of nitrogens with zero attached hydrogens (tertiary/aromatic N) is 5. The smallest absolute Gasteiger partial charge is 0.221 e. The van der Waals surface area contributed by atoms with Gasteiger partial charge in [-0.3, -0.25) is 14.0 Å². The van der Waals surface area contributed by atoms with E-state index in [4.69, 9.17) is 24.1 Å². The van der Waals surface area contributed by atoms with Crippen molar-refractivity contribution < 1.29 is 9.15 Å². The lowest BCUT2D eigenvalue weighted by Crippen LogP contribution is -2.37. The number of hydrogen-bond acceptors (Lipinski definition) is 5. The summed E-state index contributed by atoms with van der Waals surface area (Å²) < 4.78 is 18.0. The number of benzene rings is 5. The molecule has 302 valence electrons. The molecule has 1 atom stereocenters. The van der Waals surface area contributed by atoms with Crippen molar-refractivity contribution in [2.24, 2.45) is 22.7 Å². The molecule has 0 saturated heterocycles. The summed E-state index contributed by atoms with van der Waals surface area (Å²) in [5, 5.41) is 4.38. The van der Waals surface area contributed by atoms with Gasteiger partial charge in [0.15, 0.2) is 5.65 Å². The van der Waals surface area contributed by atoms with E-state index in [2.05, 4.69) is 154 Å². The molecule has 1 unspecified atom stereocenters. The topological polar surface area (TPSA) is 70.4 Å². The highest BCUT2D eigenvalue weighted by Crippen LogP contribution is 2.53. The van der Waals surface area contributed by atoms with Crippen LogP contribution < -0.4 is 4.74 Å². The van der Waals surface area contributed by atoms with Crippen molar-refractivity contribution in [3.63, 3.8) is 0 Å². The second-order valence-corrected chi connectivity index (χ2v) is 19.7. The number of aromatic nitrogens is 5. The van der Waals surface area contributed by atoms with Crippen molar-refractivity contribution in [3.8, 4) is 28.6 Å². The van der Waals surface area contributed by atoms with Crippen LogP contribution in [0.25, 0.3) is 77.6 Å². The summed E-state index contributed by atoms with van der Waals surface area (Å²) in [4.78, 5) is 15.6. The van der Waals surface area contributed by atoms with Gasteiger partial charge in [0.2, 0.25) is 11.7 Å². The Morgan fingerprint density at radius 1 is 0.705 bits per heavy atom. The first-order valence-electron chi connectivity index (χ1n) is 21.9. The maximum Gasteiger partial charge on any atom is 0.221 e. The van der Waals surface area contributed by atoms with Crippen LogP contribution in [0.2, 0.25) is 0 Å². The van der Waals surface area contributed by atoms with Gasteiger partial charge in [-0.05, 0) is 156 Å². The normalized spacial score (nSPS) is 17.7. The van der Waals surface area contributed by atoms with Crippen LogP contribution in [0, 0.1) is 36.5 Å². The highest BCUT2D eigenvalue weighted by Gasteiger charge is 2.42. The van der Waals surface area contributed by atoms with E-state index >= 15 is 0 Å². The Kier molecular flexibility index (Phi) is 7.76. The standard InChI is InChI=1S/C54H49N5O2/c1-31-15-17-38(21-32(31)2)58-51-46(59-45-14-10-9-13-43(45)56-52(58)59)18-20-48(57-51)60-39-25-41(50-42(26-39)49-40-12-8-7-11-33(40)16-19-47(49)61-50)44-24-35-22-34(23-36(35)29-55-44)37-27-53(3,4)30-54(5,6)28-37/h7-21,24-26,29,34,37H,22-23,27-28,30H2,1-6H3. The van der Waals surface area contributed by atoms with E-state index in [0.717, 1.165) is 90.5 Å². The lowest BCUT2D eigenvalue weighted by molar-refractivity contribution is 0.0416. The van der Waals surface area contributed by atoms with Crippen LogP contribution in [0.15, 0.2) is 120 Å². The second-order valence-electron chi connectivity index (χ2n) is 19.7. The predicted molar refractivity (Wildman–Crippen MR) is 247 cm³/mol. The molecule has 1 fully saturated rings. The zero-order chi connectivity index (χ0) is 41.4. The predicted octanol–water partition coefficient (Wildman–Crippen LogP) is 13.9. The average Bonchev–Trinajstić information content (AvgIpc) is 4.00. The summed E-state index contributed by atoms with van der Waals surface area (Å²) >= 11 is 0. The van der Waals surface area contributed by atoms with E-state index < -0.39 is 0 Å². The first-order valence-corrected chi connectivity index (χ1v) is 21.9. The Bertz CT molecular complexity index is 3420. The zero-order valence-corrected chi connectivity index (χ0v) is 35.7. The van der Waals surface area contributed by atoms with Gasteiger partial charge in [0.05, 0.1) is 27.9 Å². The Hall–Kier alpha value is -6.47. The largest absolute Gasteiger partial charge is 0.455 e. The molecule has 2 aliphatic carbocycles. The van der Waals surface area contributed by atoms with Crippen molar-refractivity contribution in [1.82, 2.24) is 23.9 Å². The number of hydrogen-bond donors (Lipinski definition) is 0. The van der Waals surface area contributed by atoms with E-state index in [1.165, 1.54) is 41.5 Å². The lowest BCUT2D eigenvalue weighted by Gasteiger charge is -2.47. The minimum atomic E-state index is 0.365. The van der Waals surface area contributed by atoms with Crippen LogP contribution in [0.3, 0.4) is 0 Å². The minimum absolute atomic E-state index is 0.365. The molecular weight excluding hydrogens is 751 g/mol. The number of furan rings is 1. The minimum Gasteiger partial charge on any atom is -0.455 e.